The summed E-state index contributed by atoms with van der Waals surface area (Å²) in [6.07, 6.45) is 1.25. The standard InChI is InChI=1S/C17H29N3/c1-4-15(3)19-10-12-20(13-11-19)17-8-6-16(7-9-17)14-18-5-2/h6-9,15,18H,4-5,10-14H2,1-3H3. The normalized spacial score (nSPS) is 18.2. The molecule has 0 spiro atoms. The molecule has 0 aromatic heterocycles. The van der Waals surface area contributed by atoms with Gasteiger partial charge in [0.25, 0.3) is 0 Å². The first-order valence-corrected chi connectivity index (χ1v) is 8.03. The van der Waals surface area contributed by atoms with Gasteiger partial charge in [0.1, 0.15) is 0 Å². The minimum Gasteiger partial charge on any atom is -0.369 e. The first-order valence-electron chi connectivity index (χ1n) is 8.03. The van der Waals surface area contributed by atoms with Gasteiger partial charge in [0, 0.05) is 44.5 Å². The molecule has 1 unspecified atom stereocenters. The van der Waals surface area contributed by atoms with E-state index in [4.69, 9.17) is 0 Å². The van der Waals surface area contributed by atoms with E-state index in [9.17, 15) is 0 Å². The first-order chi connectivity index (χ1) is 9.74. The van der Waals surface area contributed by atoms with Crippen molar-refractivity contribution in [3.63, 3.8) is 0 Å². The van der Waals surface area contributed by atoms with Gasteiger partial charge in [-0.25, -0.2) is 0 Å². The summed E-state index contributed by atoms with van der Waals surface area (Å²) < 4.78 is 0. The smallest absolute Gasteiger partial charge is 0.0367 e. The Morgan fingerprint density at radius 3 is 2.25 bits per heavy atom. The highest BCUT2D eigenvalue weighted by Crippen LogP contribution is 2.18. The fourth-order valence-electron chi connectivity index (χ4n) is 2.77. The van der Waals surface area contributed by atoms with Crippen LogP contribution in [-0.4, -0.2) is 43.7 Å². The van der Waals surface area contributed by atoms with Gasteiger partial charge in [0.15, 0.2) is 0 Å². The molecule has 0 radical (unpaired) electrons. The van der Waals surface area contributed by atoms with Crippen LogP contribution < -0.4 is 10.2 Å². The van der Waals surface area contributed by atoms with Crippen molar-refractivity contribution in [3.8, 4) is 0 Å². The van der Waals surface area contributed by atoms with E-state index in [2.05, 4.69) is 60.2 Å². The Balaban J connectivity index is 1.87. The maximum atomic E-state index is 3.37. The Bertz CT molecular complexity index is 380. The summed E-state index contributed by atoms with van der Waals surface area (Å²) in [5.41, 5.74) is 2.74. The lowest BCUT2D eigenvalue weighted by molar-refractivity contribution is 0.193. The van der Waals surface area contributed by atoms with Crippen LogP contribution in [0.15, 0.2) is 24.3 Å². The van der Waals surface area contributed by atoms with Gasteiger partial charge in [-0.05, 0) is 37.6 Å². The first kappa shape index (κ1) is 15.3. The second-order valence-electron chi connectivity index (χ2n) is 5.73. The van der Waals surface area contributed by atoms with E-state index in [1.807, 2.05) is 0 Å². The zero-order chi connectivity index (χ0) is 14.4. The Kier molecular flexibility index (Phi) is 5.86. The molecule has 0 amide bonds. The highest BCUT2D eigenvalue weighted by molar-refractivity contribution is 5.48. The van der Waals surface area contributed by atoms with E-state index >= 15 is 0 Å². The van der Waals surface area contributed by atoms with Gasteiger partial charge < -0.3 is 10.2 Å². The van der Waals surface area contributed by atoms with E-state index in [1.54, 1.807) is 0 Å². The van der Waals surface area contributed by atoms with Gasteiger partial charge in [0.2, 0.25) is 0 Å². The van der Waals surface area contributed by atoms with Crippen molar-refractivity contribution < 1.29 is 0 Å². The maximum Gasteiger partial charge on any atom is 0.0367 e. The van der Waals surface area contributed by atoms with Crippen molar-refractivity contribution in [2.45, 2.75) is 39.8 Å². The van der Waals surface area contributed by atoms with Crippen LogP contribution in [0.25, 0.3) is 0 Å². The molecule has 0 bridgehead atoms. The summed E-state index contributed by atoms with van der Waals surface area (Å²) >= 11 is 0. The predicted octanol–water partition coefficient (Wildman–Crippen LogP) is 2.72. The van der Waals surface area contributed by atoms with Crippen LogP contribution in [0.4, 0.5) is 5.69 Å². The summed E-state index contributed by atoms with van der Waals surface area (Å²) in [6, 6.07) is 9.76. The zero-order valence-electron chi connectivity index (χ0n) is 13.2. The number of anilines is 1. The van der Waals surface area contributed by atoms with Crippen LogP contribution >= 0.6 is 0 Å². The number of hydrogen-bond donors (Lipinski definition) is 1. The zero-order valence-corrected chi connectivity index (χ0v) is 13.2. The third kappa shape index (κ3) is 3.97. The molecule has 1 aliphatic rings. The monoisotopic (exact) mass is 275 g/mol. The highest BCUT2D eigenvalue weighted by atomic mass is 15.3. The van der Waals surface area contributed by atoms with E-state index in [0.29, 0.717) is 0 Å². The quantitative estimate of drug-likeness (QED) is 0.861. The Labute approximate surface area is 124 Å². The fraction of sp³-hybridized carbons (Fsp3) is 0.647. The molecular formula is C17H29N3. The molecule has 0 saturated carbocycles. The number of hydrogen-bond acceptors (Lipinski definition) is 3. The number of benzene rings is 1. The number of rotatable bonds is 6. The van der Waals surface area contributed by atoms with Gasteiger partial charge in [-0.15, -0.1) is 0 Å². The van der Waals surface area contributed by atoms with Crippen LogP contribution in [0.2, 0.25) is 0 Å². The van der Waals surface area contributed by atoms with E-state index in [-0.39, 0.29) is 0 Å². The van der Waals surface area contributed by atoms with Crippen molar-refractivity contribution in [1.82, 2.24) is 10.2 Å². The lowest BCUT2D eigenvalue weighted by Gasteiger charge is -2.39. The van der Waals surface area contributed by atoms with Crippen molar-refractivity contribution in [1.29, 1.82) is 0 Å². The predicted molar refractivity (Wildman–Crippen MR) is 87.4 cm³/mol. The van der Waals surface area contributed by atoms with Crippen LogP contribution in [-0.2, 0) is 6.54 Å². The molecule has 1 aromatic rings. The largest absolute Gasteiger partial charge is 0.369 e. The van der Waals surface area contributed by atoms with E-state index in [1.165, 1.54) is 30.8 Å². The SMILES string of the molecule is CCNCc1ccc(N2CCN(C(C)CC)CC2)cc1. The number of piperazine rings is 1. The Morgan fingerprint density at radius 1 is 1.05 bits per heavy atom. The van der Waals surface area contributed by atoms with Crippen LogP contribution in [0.5, 0.6) is 0 Å². The van der Waals surface area contributed by atoms with Crippen molar-refractivity contribution >= 4 is 5.69 Å². The molecule has 1 fully saturated rings. The third-order valence-electron chi connectivity index (χ3n) is 4.41. The van der Waals surface area contributed by atoms with Crippen LogP contribution in [0.3, 0.4) is 0 Å². The van der Waals surface area contributed by atoms with Gasteiger partial charge in [-0.1, -0.05) is 26.0 Å². The average Bonchev–Trinajstić information content (AvgIpc) is 2.53. The molecule has 1 saturated heterocycles. The van der Waals surface area contributed by atoms with Gasteiger partial charge in [-0.3, -0.25) is 4.90 Å². The summed E-state index contributed by atoms with van der Waals surface area (Å²) in [4.78, 5) is 5.12. The number of nitrogens with zero attached hydrogens (tertiary/aromatic N) is 2. The second-order valence-corrected chi connectivity index (χ2v) is 5.73. The van der Waals surface area contributed by atoms with Crippen molar-refractivity contribution in [3.05, 3.63) is 29.8 Å². The second kappa shape index (κ2) is 7.65. The summed E-state index contributed by atoms with van der Waals surface area (Å²) in [5.74, 6) is 0. The summed E-state index contributed by atoms with van der Waals surface area (Å²) in [5, 5.41) is 3.37. The molecule has 112 valence electrons. The fourth-order valence-corrected chi connectivity index (χ4v) is 2.77. The number of nitrogens with one attached hydrogen (secondary N) is 1. The van der Waals surface area contributed by atoms with Gasteiger partial charge in [0.05, 0.1) is 0 Å². The molecule has 1 N–H and O–H groups in total. The summed E-state index contributed by atoms with van der Waals surface area (Å²) in [7, 11) is 0. The highest BCUT2D eigenvalue weighted by Gasteiger charge is 2.19. The minimum atomic E-state index is 0.722. The lowest BCUT2D eigenvalue weighted by Crippen LogP contribution is -2.49. The van der Waals surface area contributed by atoms with Crippen molar-refractivity contribution in [2.24, 2.45) is 0 Å². The van der Waals surface area contributed by atoms with Gasteiger partial charge >= 0.3 is 0 Å². The minimum absolute atomic E-state index is 0.722. The molecule has 1 aromatic carbocycles. The molecule has 3 nitrogen and oxygen atoms in total. The molecule has 20 heavy (non-hydrogen) atoms. The van der Waals surface area contributed by atoms with Crippen molar-refractivity contribution in [2.75, 3.05) is 37.6 Å². The molecule has 1 aliphatic heterocycles. The maximum absolute atomic E-state index is 3.37. The van der Waals surface area contributed by atoms with Crippen LogP contribution in [0, 0.1) is 0 Å². The Hall–Kier alpha value is -1.06. The molecule has 1 atom stereocenters. The molecule has 3 heteroatoms. The van der Waals surface area contributed by atoms with E-state index < -0.39 is 0 Å². The topological polar surface area (TPSA) is 18.5 Å². The molecule has 0 aliphatic carbocycles. The average molecular weight is 275 g/mol. The van der Waals surface area contributed by atoms with Gasteiger partial charge in [-0.2, -0.15) is 0 Å². The lowest BCUT2D eigenvalue weighted by atomic mass is 10.1. The van der Waals surface area contributed by atoms with E-state index in [0.717, 1.165) is 32.2 Å². The Morgan fingerprint density at radius 2 is 1.70 bits per heavy atom. The third-order valence-corrected chi connectivity index (χ3v) is 4.41. The molecule has 2 rings (SSSR count). The summed E-state index contributed by atoms with van der Waals surface area (Å²) in [6.45, 7) is 13.4. The van der Waals surface area contributed by atoms with Crippen LogP contribution in [0.1, 0.15) is 32.8 Å². The molecule has 1 heterocycles. The molecular weight excluding hydrogens is 246 g/mol.